The van der Waals surface area contributed by atoms with Crippen molar-refractivity contribution in [3.8, 4) is 0 Å². The number of sulfone groups is 1. The van der Waals surface area contributed by atoms with Crippen molar-refractivity contribution in [2.24, 2.45) is 0 Å². The van der Waals surface area contributed by atoms with E-state index in [0.717, 1.165) is 0 Å². The molecule has 6 heteroatoms. The molecule has 88 valence electrons. The fourth-order valence-electron chi connectivity index (χ4n) is 1.74. The Morgan fingerprint density at radius 2 is 2.19 bits per heavy atom. The SMILES string of the molecule is O=S1(=O)CCC(Nc2ccc(Br)cc2F)C1. The third-order valence-corrected chi connectivity index (χ3v) is 4.78. The first-order valence-electron chi connectivity index (χ1n) is 4.88. The summed E-state index contributed by atoms with van der Waals surface area (Å²) in [5, 5.41) is 2.92. The number of hydrogen-bond acceptors (Lipinski definition) is 3. The fraction of sp³-hybridized carbons (Fsp3) is 0.400. The number of benzene rings is 1. The molecule has 0 radical (unpaired) electrons. The molecule has 0 amide bonds. The summed E-state index contributed by atoms with van der Waals surface area (Å²) in [4.78, 5) is 0. The van der Waals surface area contributed by atoms with Crippen LogP contribution in [0.15, 0.2) is 22.7 Å². The van der Waals surface area contributed by atoms with Crippen LogP contribution in [0.5, 0.6) is 0 Å². The van der Waals surface area contributed by atoms with Crippen molar-refractivity contribution in [3.63, 3.8) is 0 Å². The Kier molecular flexibility index (Phi) is 3.21. The van der Waals surface area contributed by atoms with Crippen molar-refractivity contribution in [2.75, 3.05) is 16.8 Å². The van der Waals surface area contributed by atoms with Crippen LogP contribution in [-0.2, 0) is 9.84 Å². The number of hydrogen-bond donors (Lipinski definition) is 1. The molecule has 1 atom stereocenters. The molecule has 1 aromatic rings. The Morgan fingerprint density at radius 3 is 2.75 bits per heavy atom. The first-order valence-corrected chi connectivity index (χ1v) is 7.50. The van der Waals surface area contributed by atoms with E-state index in [4.69, 9.17) is 0 Å². The van der Waals surface area contributed by atoms with Crippen LogP contribution in [0, 0.1) is 5.82 Å². The molecule has 0 saturated carbocycles. The normalized spacial score (nSPS) is 23.2. The van der Waals surface area contributed by atoms with Crippen LogP contribution in [0.25, 0.3) is 0 Å². The number of anilines is 1. The standard InChI is InChI=1S/C10H11BrFNO2S/c11-7-1-2-10(9(12)5-7)13-8-3-4-16(14,15)6-8/h1-2,5,8,13H,3-4,6H2. The monoisotopic (exact) mass is 307 g/mol. The van der Waals surface area contributed by atoms with E-state index in [0.29, 0.717) is 16.6 Å². The van der Waals surface area contributed by atoms with Crippen molar-refractivity contribution >= 4 is 31.5 Å². The minimum Gasteiger partial charge on any atom is -0.379 e. The van der Waals surface area contributed by atoms with Crippen molar-refractivity contribution in [3.05, 3.63) is 28.5 Å². The Balaban J connectivity index is 2.11. The van der Waals surface area contributed by atoms with E-state index < -0.39 is 9.84 Å². The quantitative estimate of drug-likeness (QED) is 0.911. The lowest BCUT2D eigenvalue weighted by Gasteiger charge is -2.13. The van der Waals surface area contributed by atoms with E-state index in [9.17, 15) is 12.8 Å². The molecule has 1 aromatic carbocycles. The van der Waals surface area contributed by atoms with Gasteiger partial charge in [0.2, 0.25) is 0 Å². The topological polar surface area (TPSA) is 46.2 Å². The Hall–Kier alpha value is -0.620. The first-order chi connectivity index (χ1) is 7.46. The van der Waals surface area contributed by atoms with E-state index in [2.05, 4.69) is 21.2 Å². The lowest BCUT2D eigenvalue weighted by atomic mass is 10.2. The summed E-state index contributed by atoms with van der Waals surface area (Å²) in [6.45, 7) is 0. The molecular weight excluding hydrogens is 297 g/mol. The summed E-state index contributed by atoms with van der Waals surface area (Å²) in [5.74, 6) is -0.107. The minimum atomic E-state index is -2.93. The molecule has 0 aliphatic carbocycles. The summed E-state index contributed by atoms with van der Waals surface area (Å²) < 4.78 is 36.6. The molecule has 1 aliphatic rings. The highest BCUT2D eigenvalue weighted by atomic mass is 79.9. The summed E-state index contributed by atoms with van der Waals surface area (Å²) in [6, 6.07) is 4.49. The van der Waals surface area contributed by atoms with Gasteiger partial charge in [-0.15, -0.1) is 0 Å². The third kappa shape index (κ3) is 2.74. The molecule has 2 rings (SSSR count). The highest BCUT2D eigenvalue weighted by Crippen LogP contribution is 2.22. The van der Waals surface area contributed by atoms with Gasteiger partial charge in [0.1, 0.15) is 5.82 Å². The number of nitrogens with one attached hydrogen (secondary N) is 1. The van der Waals surface area contributed by atoms with Gasteiger partial charge in [0.05, 0.1) is 17.2 Å². The van der Waals surface area contributed by atoms with Gasteiger partial charge in [-0.2, -0.15) is 0 Å². The second-order valence-corrected chi connectivity index (χ2v) is 7.01. The van der Waals surface area contributed by atoms with Crippen LogP contribution in [-0.4, -0.2) is 26.0 Å². The molecule has 1 saturated heterocycles. The second kappa shape index (κ2) is 4.33. The van der Waals surface area contributed by atoms with Gasteiger partial charge in [0.15, 0.2) is 9.84 Å². The molecule has 0 bridgehead atoms. The highest BCUT2D eigenvalue weighted by molar-refractivity contribution is 9.10. The Labute approximate surface area is 102 Å². The largest absolute Gasteiger partial charge is 0.379 e. The summed E-state index contributed by atoms with van der Waals surface area (Å²) >= 11 is 3.16. The van der Waals surface area contributed by atoms with Gasteiger partial charge in [0, 0.05) is 10.5 Å². The van der Waals surface area contributed by atoms with E-state index in [1.54, 1.807) is 12.1 Å². The predicted octanol–water partition coefficient (Wildman–Crippen LogP) is 2.19. The van der Waals surface area contributed by atoms with Gasteiger partial charge in [-0.05, 0) is 24.6 Å². The first kappa shape index (κ1) is 11.9. The molecule has 1 aliphatic heterocycles. The maximum absolute atomic E-state index is 13.5. The molecule has 1 heterocycles. The van der Waals surface area contributed by atoms with Gasteiger partial charge < -0.3 is 5.32 Å². The minimum absolute atomic E-state index is 0.0858. The maximum atomic E-state index is 13.5. The van der Waals surface area contributed by atoms with Crippen LogP contribution < -0.4 is 5.32 Å². The summed E-state index contributed by atoms with van der Waals surface area (Å²) in [7, 11) is -2.93. The molecular formula is C10H11BrFNO2S. The van der Waals surface area contributed by atoms with Gasteiger partial charge in [-0.25, -0.2) is 12.8 Å². The number of halogens is 2. The van der Waals surface area contributed by atoms with Crippen LogP contribution in [0.1, 0.15) is 6.42 Å². The number of rotatable bonds is 2. The Morgan fingerprint density at radius 1 is 1.44 bits per heavy atom. The van der Waals surface area contributed by atoms with Crippen molar-refractivity contribution < 1.29 is 12.8 Å². The zero-order valence-corrected chi connectivity index (χ0v) is 10.8. The molecule has 1 N–H and O–H groups in total. The maximum Gasteiger partial charge on any atom is 0.152 e. The smallest absolute Gasteiger partial charge is 0.152 e. The Bertz CT molecular complexity index is 504. The second-order valence-electron chi connectivity index (χ2n) is 3.87. The average Bonchev–Trinajstić information content (AvgIpc) is 2.51. The van der Waals surface area contributed by atoms with E-state index in [1.165, 1.54) is 6.07 Å². The van der Waals surface area contributed by atoms with E-state index in [1.807, 2.05) is 0 Å². The molecule has 3 nitrogen and oxygen atoms in total. The summed E-state index contributed by atoms with van der Waals surface area (Å²) in [5.41, 5.74) is 0.352. The molecule has 16 heavy (non-hydrogen) atoms. The lowest BCUT2D eigenvalue weighted by molar-refractivity contribution is 0.601. The predicted molar refractivity (Wildman–Crippen MR) is 64.8 cm³/mol. The fourth-order valence-corrected chi connectivity index (χ4v) is 3.74. The van der Waals surface area contributed by atoms with Crippen molar-refractivity contribution in [2.45, 2.75) is 12.5 Å². The van der Waals surface area contributed by atoms with Gasteiger partial charge in [-0.1, -0.05) is 15.9 Å². The van der Waals surface area contributed by atoms with Crippen molar-refractivity contribution in [1.82, 2.24) is 0 Å². The zero-order chi connectivity index (χ0) is 11.8. The lowest BCUT2D eigenvalue weighted by Crippen LogP contribution is -2.21. The van der Waals surface area contributed by atoms with Crippen LogP contribution in [0.3, 0.4) is 0 Å². The molecule has 0 aromatic heterocycles. The van der Waals surface area contributed by atoms with E-state index in [-0.39, 0.29) is 23.4 Å². The highest BCUT2D eigenvalue weighted by Gasteiger charge is 2.28. The molecule has 1 fully saturated rings. The third-order valence-electron chi connectivity index (χ3n) is 2.52. The molecule has 1 unspecified atom stereocenters. The molecule has 0 spiro atoms. The van der Waals surface area contributed by atoms with Crippen LogP contribution in [0.2, 0.25) is 0 Å². The van der Waals surface area contributed by atoms with Gasteiger partial charge in [-0.3, -0.25) is 0 Å². The van der Waals surface area contributed by atoms with Crippen molar-refractivity contribution in [1.29, 1.82) is 0 Å². The van der Waals surface area contributed by atoms with Gasteiger partial charge >= 0.3 is 0 Å². The average molecular weight is 308 g/mol. The van der Waals surface area contributed by atoms with Crippen LogP contribution >= 0.6 is 15.9 Å². The van der Waals surface area contributed by atoms with Crippen LogP contribution in [0.4, 0.5) is 10.1 Å². The summed E-state index contributed by atoms with van der Waals surface area (Å²) in [6.07, 6.45) is 0.540. The van der Waals surface area contributed by atoms with Gasteiger partial charge in [0.25, 0.3) is 0 Å². The van der Waals surface area contributed by atoms with E-state index >= 15 is 0 Å². The zero-order valence-electron chi connectivity index (χ0n) is 8.41.